The molecule has 176 valence electrons. The lowest BCUT2D eigenvalue weighted by molar-refractivity contribution is -0.293. The molecule has 0 spiro atoms. The maximum absolute atomic E-state index is 14.1. The number of carbonyl (C=O) groups is 1. The molecule has 2 N–H and O–H groups in total. The first kappa shape index (κ1) is 24.4. The first-order valence-corrected chi connectivity index (χ1v) is 9.65. The Morgan fingerprint density at radius 3 is 2.39 bits per heavy atom. The smallest absolute Gasteiger partial charge is 0.461 e. The molecule has 0 fully saturated rings. The fourth-order valence-corrected chi connectivity index (χ4v) is 3.46. The zero-order valence-electron chi connectivity index (χ0n) is 17.3. The quantitative estimate of drug-likeness (QED) is 0.393. The van der Waals surface area contributed by atoms with Crippen molar-refractivity contribution in [1.82, 2.24) is 14.5 Å². The van der Waals surface area contributed by atoms with Crippen LogP contribution in [0, 0.1) is 6.92 Å². The number of halogens is 6. The third-order valence-corrected chi connectivity index (χ3v) is 5.10. The molecule has 0 saturated heterocycles. The van der Waals surface area contributed by atoms with Gasteiger partial charge in [-0.25, -0.2) is 14.8 Å². The summed E-state index contributed by atoms with van der Waals surface area (Å²) in [5.74, 6) is -8.55. The number of hydrogen-bond donors (Lipinski definition) is 2. The number of aromatic nitrogens is 3. The summed E-state index contributed by atoms with van der Waals surface area (Å²) in [6.45, 7) is 3.09. The van der Waals surface area contributed by atoms with Gasteiger partial charge in [0.1, 0.15) is 5.15 Å². The van der Waals surface area contributed by atoms with E-state index in [4.69, 9.17) is 11.6 Å². The van der Waals surface area contributed by atoms with Crippen LogP contribution < -0.4 is 10.9 Å². The number of benzene rings is 1. The van der Waals surface area contributed by atoms with Crippen molar-refractivity contribution in [2.24, 2.45) is 7.05 Å². The number of carboxylic acid groups (broad SMARTS) is 1. The second-order valence-electron chi connectivity index (χ2n) is 7.32. The molecule has 0 unspecified atom stereocenters. The summed E-state index contributed by atoms with van der Waals surface area (Å²) in [6.07, 6.45) is -5.97. The topological polar surface area (TPSA) is 97.1 Å². The molecule has 13 heteroatoms. The van der Waals surface area contributed by atoms with Crippen LogP contribution in [0.5, 0.6) is 0 Å². The van der Waals surface area contributed by atoms with E-state index in [1.165, 1.54) is 31.2 Å². The number of rotatable bonds is 5. The summed E-state index contributed by atoms with van der Waals surface area (Å²) < 4.78 is 67.4. The van der Waals surface area contributed by atoms with E-state index in [0.29, 0.717) is 5.56 Å². The van der Waals surface area contributed by atoms with Crippen LogP contribution in [0.3, 0.4) is 0 Å². The third-order valence-electron chi connectivity index (χ3n) is 4.89. The number of nitrogens with zero attached hydrogens (tertiary/aromatic N) is 3. The molecule has 3 rings (SSSR count). The molecule has 2 aromatic heterocycles. The van der Waals surface area contributed by atoms with Crippen molar-refractivity contribution < 1.29 is 31.9 Å². The molecule has 0 radical (unpaired) electrons. The van der Waals surface area contributed by atoms with Gasteiger partial charge in [0, 0.05) is 12.6 Å². The molecule has 0 bridgehead atoms. The monoisotopic (exact) mass is 490 g/mol. The van der Waals surface area contributed by atoms with Crippen LogP contribution in [0.4, 0.5) is 27.6 Å². The van der Waals surface area contributed by atoms with Crippen LogP contribution >= 0.6 is 11.6 Å². The number of aromatic carboxylic acids is 1. The van der Waals surface area contributed by atoms with Crippen LogP contribution in [-0.2, 0) is 13.0 Å². The Hall–Kier alpha value is -3.28. The molecule has 33 heavy (non-hydrogen) atoms. The van der Waals surface area contributed by atoms with E-state index in [2.05, 4.69) is 15.3 Å². The average molecular weight is 491 g/mol. The summed E-state index contributed by atoms with van der Waals surface area (Å²) in [5, 5.41) is 11.9. The highest BCUT2D eigenvalue weighted by molar-refractivity contribution is 6.29. The maximum atomic E-state index is 14.1. The Bertz CT molecular complexity index is 1320. The minimum Gasteiger partial charge on any atom is -0.476 e. The maximum Gasteiger partial charge on any atom is 0.461 e. The molecule has 3 aromatic rings. The first-order valence-electron chi connectivity index (χ1n) is 9.27. The van der Waals surface area contributed by atoms with E-state index in [1.54, 1.807) is 6.92 Å². The Labute approximate surface area is 187 Å². The van der Waals surface area contributed by atoms with E-state index in [9.17, 15) is 36.6 Å². The number of hydrogen-bond acceptors (Lipinski definition) is 5. The second kappa shape index (κ2) is 8.25. The Kier molecular flexibility index (Phi) is 6.09. The van der Waals surface area contributed by atoms with E-state index in [1.807, 2.05) is 0 Å². The van der Waals surface area contributed by atoms with Crippen LogP contribution in [0.1, 0.15) is 40.4 Å². The summed E-state index contributed by atoms with van der Waals surface area (Å²) >= 11 is 5.73. The Morgan fingerprint density at radius 1 is 1.18 bits per heavy atom. The zero-order valence-corrected chi connectivity index (χ0v) is 18.0. The van der Waals surface area contributed by atoms with Crippen LogP contribution in [0.15, 0.2) is 29.1 Å². The number of anilines is 1. The third kappa shape index (κ3) is 4.34. The van der Waals surface area contributed by atoms with E-state index >= 15 is 0 Å². The fourth-order valence-electron chi connectivity index (χ4n) is 3.32. The zero-order chi connectivity index (χ0) is 24.9. The lowest BCUT2D eigenvalue weighted by Gasteiger charge is -2.23. The highest BCUT2D eigenvalue weighted by Gasteiger charge is 2.61. The number of nitrogens with one attached hydrogen (secondary N) is 1. The van der Waals surface area contributed by atoms with Gasteiger partial charge in [-0.05, 0) is 37.6 Å². The lowest BCUT2D eigenvalue weighted by atomic mass is 10.0. The van der Waals surface area contributed by atoms with Gasteiger partial charge in [-0.1, -0.05) is 17.7 Å². The SMILES string of the molecule is Cc1cc([C@@H](C)Nc2ccc(Cl)nc2C(=O)O)c2nc(C(F)(F)C(F)(F)F)n(C)c(=O)c2c1. The minimum atomic E-state index is -5.97. The highest BCUT2D eigenvalue weighted by atomic mass is 35.5. The van der Waals surface area contributed by atoms with Gasteiger partial charge in [0.25, 0.3) is 5.56 Å². The minimum absolute atomic E-state index is 0.0127. The van der Waals surface area contributed by atoms with E-state index in [-0.39, 0.29) is 31.9 Å². The van der Waals surface area contributed by atoms with Crippen LogP contribution in [-0.4, -0.2) is 31.8 Å². The largest absolute Gasteiger partial charge is 0.476 e. The predicted octanol–water partition coefficient (Wildman–Crippen LogP) is 4.82. The summed E-state index contributed by atoms with van der Waals surface area (Å²) in [4.78, 5) is 31.4. The second-order valence-corrected chi connectivity index (χ2v) is 7.71. The van der Waals surface area contributed by atoms with Gasteiger partial charge in [-0.3, -0.25) is 9.36 Å². The number of aryl methyl sites for hydroxylation is 1. The molecular formula is C20H16ClF5N4O3. The molecule has 0 aliphatic carbocycles. The van der Waals surface area contributed by atoms with Crippen LogP contribution in [0.25, 0.3) is 10.9 Å². The normalized spacial score (nSPS) is 13.2. The standard InChI is InChI=1S/C20H16ClF5N4O3/c1-8-6-10(9(2)27-12-4-5-13(21)28-15(12)17(32)33)14-11(7-8)16(31)30(3)18(29-14)19(22,23)20(24,25)26/h4-7,9,27H,1-3H3,(H,32,33)/t9-/m1/s1. The number of carboxylic acids is 1. The van der Waals surface area contributed by atoms with Crippen molar-refractivity contribution in [1.29, 1.82) is 0 Å². The summed E-state index contributed by atoms with van der Waals surface area (Å²) in [7, 11) is 0.784. The Morgan fingerprint density at radius 2 is 1.82 bits per heavy atom. The van der Waals surface area contributed by atoms with Crippen molar-refractivity contribution in [3.05, 3.63) is 62.4 Å². The highest BCUT2D eigenvalue weighted by Crippen LogP contribution is 2.43. The number of alkyl halides is 5. The average Bonchev–Trinajstić information content (AvgIpc) is 2.70. The van der Waals surface area contributed by atoms with Gasteiger partial charge in [-0.15, -0.1) is 0 Å². The van der Waals surface area contributed by atoms with E-state index in [0.717, 1.165) is 7.05 Å². The number of fused-ring (bicyclic) bond motifs is 1. The van der Waals surface area contributed by atoms with Gasteiger partial charge in [0.2, 0.25) is 0 Å². The molecule has 0 aliphatic heterocycles. The van der Waals surface area contributed by atoms with Crippen molar-refractivity contribution in [3.8, 4) is 0 Å². The first-order chi connectivity index (χ1) is 15.1. The predicted molar refractivity (Wildman–Crippen MR) is 110 cm³/mol. The lowest BCUT2D eigenvalue weighted by Crippen LogP contribution is -2.40. The van der Waals surface area contributed by atoms with Crippen molar-refractivity contribution in [3.63, 3.8) is 0 Å². The van der Waals surface area contributed by atoms with Crippen molar-refractivity contribution in [2.75, 3.05) is 5.32 Å². The van der Waals surface area contributed by atoms with Gasteiger partial charge in [0.15, 0.2) is 11.5 Å². The molecule has 0 aliphatic rings. The van der Waals surface area contributed by atoms with Gasteiger partial charge >= 0.3 is 18.1 Å². The van der Waals surface area contributed by atoms with Crippen LogP contribution in [0.2, 0.25) is 5.15 Å². The molecule has 0 saturated carbocycles. The molecule has 1 atom stereocenters. The molecule has 0 amide bonds. The number of pyridine rings is 1. The van der Waals surface area contributed by atoms with Gasteiger partial charge in [-0.2, -0.15) is 22.0 Å². The van der Waals surface area contributed by atoms with Gasteiger partial charge in [0.05, 0.1) is 22.6 Å². The van der Waals surface area contributed by atoms with Crippen molar-refractivity contribution in [2.45, 2.75) is 32.0 Å². The van der Waals surface area contributed by atoms with Crippen molar-refractivity contribution >= 4 is 34.2 Å². The molecular weight excluding hydrogens is 475 g/mol. The molecule has 1 aromatic carbocycles. The van der Waals surface area contributed by atoms with Gasteiger partial charge < -0.3 is 10.4 Å². The summed E-state index contributed by atoms with van der Waals surface area (Å²) in [5.41, 5.74) is -1.27. The van der Waals surface area contributed by atoms with E-state index < -0.39 is 41.2 Å². The molecule has 2 heterocycles. The molecule has 7 nitrogen and oxygen atoms in total. The summed E-state index contributed by atoms with van der Waals surface area (Å²) in [6, 6.07) is 4.53. The Balaban J connectivity index is 2.24. The fraction of sp³-hybridized carbons (Fsp3) is 0.300.